The third kappa shape index (κ3) is 1.90. The number of hydrogen-bond acceptors (Lipinski definition) is 4. The molecule has 1 aromatic rings. The SMILES string of the molecule is CN(C)C=C1CCc2c(C(=O)O)nn(C)c2C1=O. The molecule has 1 aliphatic carbocycles. The van der Waals surface area contributed by atoms with Crippen LogP contribution in [0.2, 0.25) is 0 Å². The number of carbonyl (C=O) groups is 2. The molecule has 0 radical (unpaired) electrons. The first-order valence-electron chi connectivity index (χ1n) is 5.62. The molecule has 0 unspecified atom stereocenters. The number of aryl methyl sites for hydroxylation is 1. The Morgan fingerprint density at radius 1 is 1.44 bits per heavy atom. The molecule has 1 aromatic heterocycles. The van der Waals surface area contributed by atoms with Crippen LogP contribution in [-0.2, 0) is 13.5 Å². The molecule has 6 nitrogen and oxygen atoms in total. The third-order valence-corrected chi connectivity index (χ3v) is 2.91. The van der Waals surface area contributed by atoms with Crippen molar-refractivity contribution in [2.45, 2.75) is 12.8 Å². The summed E-state index contributed by atoms with van der Waals surface area (Å²) in [4.78, 5) is 25.1. The number of hydrogen-bond donors (Lipinski definition) is 1. The second-order valence-electron chi connectivity index (χ2n) is 4.55. The van der Waals surface area contributed by atoms with Crippen LogP contribution in [-0.4, -0.2) is 45.6 Å². The van der Waals surface area contributed by atoms with E-state index in [0.29, 0.717) is 29.7 Å². The number of allylic oxidation sites excluding steroid dienone is 1. The molecule has 96 valence electrons. The van der Waals surface area contributed by atoms with Crippen molar-refractivity contribution in [1.29, 1.82) is 0 Å². The first-order valence-corrected chi connectivity index (χ1v) is 5.62. The fourth-order valence-electron chi connectivity index (χ4n) is 2.22. The van der Waals surface area contributed by atoms with Crippen molar-refractivity contribution in [3.05, 3.63) is 28.7 Å². The van der Waals surface area contributed by atoms with E-state index in [2.05, 4.69) is 5.10 Å². The molecule has 6 heteroatoms. The van der Waals surface area contributed by atoms with Crippen LogP contribution in [0.15, 0.2) is 11.8 Å². The summed E-state index contributed by atoms with van der Waals surface area (Å²) in [7, 11) is 5.30. The van der Waals surface area contributed by atoms with Gasteiger partial charge < -0.3 is 10.0 Å². The molecule has 0 aliphatic heterocycles. The number of carboxylic acids is 1. The highest BCUT2D eigenvalue weighted by Crippen LogP contribution is 2.27. The minimum atomic E-state index is -1.08. The maximum Gasteiger partial charge on any atom is 0.356 e. The molecule has 0 atom stereocenters. The van der Waals surface area contributed by atoms with E-state index in [1.165, 1.54) is 4.68 Å². The molecule has 18 heavy (non-hydrogen) atoms. The molecule has 0 fully saturated rings. The van der Waals surface area contributed by atoms with Crippen molar-refractivity contribution < 1.29 is 14.7 Å². The first-order chi connectivity index (χ1) is 8.41. The predicted octanol–water partition coefficient (Wildman–Crippen LogP) is 0.693. The molecule has 1 N–H and O–H groups in total. The average Bonchev–Trinajstić information content (AvgIpc) is 2.60. The minimum absolute atomic E-state index is 0.00949. The molecular weight excluding hydrogens is 234 g/mol. The van der Waals surface area contributed by atoms with Gasteiger partial charge in [0, 0.05) is 38.5 Å². The van der Waals surface area contributed by atoms with Crippen LogP contribution in [0, 0.1) is 0 Å². The molecule has 0 amide bonds. The van der Waals surface area contributed by atoms with Gasteiger partial charge in [-0.3, -0.25) is 9.48 Å². The van der Waals surface area contributed by atoms with Crippen LogP contribution in [0.25, 0.3) is 0 Å². The Morgan fingerprint density at radius 2 is 2.11 bits per heavy atom. The smallest absolute Gasteiger partial charge is 0.356 e. The van der Waals surface area contributed by atoms with E-state index in [-0.39, 0.29) is 11.5 Å². The average molecular weight is 249 g/mol. The number of Topliss-reactive ketones (excluding diaryl/α,β-unsaturated/α-hetero) is 1. The Hall–Kier alpha value is -2.11. The Bertz CT molecular complexity index is 555. The largest absolute Gasteiger partial charge is 0.476 e. The highest BCUT2D eigenvalue weighted by Gasteiger charge is 2.31. The van der Waals surface area contributed by atoms with Gasteiger partial charge in [0.2, 0.25) is 5.78 Å². The number of aromatic carboxylic acids is 1. The van der Waals surface area contributed by atoms with Crippen molar-refractivity contribution in [3.63, 3.8) is 0 Å². The van der Waals surface area contributed by atoms with Crippen LogP contribution >= 0.6 is 0 Å². The molecule has 0 saturated heterocycles. The first kappa shape index (κ1) is 12.3. The van der Waals surface area contributed by atoms with Crippen molar-refractivity contribution in [2.75, 3.05) is 14.1 Å². The number of nitrogens with zero attached hydrogens (tertiary/aromatic N) is 3. The summed E-state index contributed by atoms with van der Waals surface area (Å²) in [5.41, 5.74) is 1.62. The Morgan fingerprint density at radius 3 is 2.67 bits per heavy atom. The highest BCUT2D eigenvalue weighted by atomic mass is 16.4. The van der Waals surface area contributed by atoms with Crippen molar-refractivity contribution in [1.82, 2.24) is 14.7 Å². The summed E-state index contributed by atoms with van der Waals surface area (Å²) in [5.74, 6) is -1.22. The van der Waals surface area contributed by atoms with Gasteiger partial charge in [-0.1, -0.05) is 0 Å². The lowest BCUT2D eigenvalue weighted by atomic mass is 9.90. The second kappa shape index (κ2) is 4.29. The summed E-state index contributed by atoms with van der Waals surface area (Å²) < 4.78 is 1.36. The molecule has 0 spiro atoms. The molecule has 1 aliphatic rings. The van der Waals surface area contributed by atoms with Gasteiger partial charge in [0.15, 0.2) is 5.69 Å². The van der Waals surface area contributed by atoms with Gasteiger partial charge in [-0.25, -0.2) is 4.79 Å². The zero-order valence-corrected chi connectivity index (χ0v) is 10.6. The zero-order chi connectivity index (χ0) is 13.4. The number of ketones is 1. The normalized spacial score (nSPS) is 16.8. The summed E-state index contributed by atoms with van der Waals surface area (Å²) in [5, 5.41) is 13.0. The van der Waals surface area contributed by atoms with Crippen LogP contribution < -0.4 is 0 Å². The minimum Gasteiger partial charge on any atom is -0.476 e. The Labute approximate surface area is 105 Å². The predicted molar refractivity (Wildman–Crippen MR) is 64.6 cm³/mol. The van der Waals surface area contributed by atoms with Crippen LogP contribution in [0.4, 0.5) is 0 Å². The highest BCUT2D eigenvalue weighted by molar-refractivity contribution is 6.10. The number of carboxylic acid groups (broad SMARTS) is 1. The number of aromatic nitrogens is 2. The third-order valence-electron chi connectivity index (χ3n) is 2.91. The lowest BCUT2D eigenvalue weighted by Crippen LogP contribution is -2.19. The van der Waals surface area contributed by atoms with Gasteiger partial charge >= 0.3 is 5.97 Å². The van der Waals surface area contributed by atoms with E-state index in [4.69, 9.17) is 5.11 Å². The van der Waals surface area contributed by atoms with Crippen molar-refractivity contribution >= 4 is 11.8 Å². The van der Waals surface area contributed by atoms with Crippen molar-refractivity contribution in [2.24, 2.45) is 7.05 Å². The Balaban J connectivity index is 2.51. The molecule has 0 bridgehead atoms. The number of carbonyl (C=O) groups excluding carboxylic acids is 1. The van der Waals surface area contributed by atoms with Crippen molar-refractivity contribution in [3.8, 4) is 0 Å². The summed E-state index contributed by atoms with van der Waals surface area (Å²) in [6, 6.07) is 0. The van der Waals surface area contributed by atoms with Gasteiger partial charge in [0.1, 0.15) is 5.69 Å². The maximum atomic E-state index is 12.3. The molecular formula is C12H15N3O3. The lowest BCUT2D eigenvalue weighted by Gasteiger charge is -2.17. The van der Waals surface area contributed by atoms with Gasteiger partial charge in [-0.05, 0) is 12.8 Å². The molecule has 0 saturated carbocycles. The van der Waals surface area contributed by atoms with Gasteiger partial charge in [-0.15, -0.1) is 0 Å². The van der Waals surface area contributed by atoms with E-state index in [1.807, 2.05) is 19.0 Å². The van der Waals surface area contributed by atoms with E-state index >= 15 is 0 Å². The second-order valence-corrected chi connectivity index (χ2v) is 4.55. The van der Waals surface area contributed by atoms with Gasteiger partial charge in [0.25, 0.3) is 0 Å². The molecule has 1 heterocycles. The zero-order valence-electron chi connectivity index (χ0n) is 10.6. The quantitative estimate of drug-likeness (QED) is 0.780. The fourth-order valence-corrected chi connectivity index (χ4v) is 2.22. The summed E-state index contributed by atoms with van der Waals surface area (Å²) in [6.45, 7) is 0. The fraction of sp³-hybridized carbons (Fsp3) is 0.417. The van der Waals surface area contributed by atoms with E-state index < -0.39 is 5.97 Å². The van der Waals surface area contributed by atoms with Crippen LogP contribution in [0.5, 0.6) is 0 Å². The van der Waals surface area contributed by atoms with Gasteiger partial charge in [-0.2, -0.15) is 5.10 Å². The van der Waals surface area contributed by atoms with E-state index in [9.17, 15) is 9.59 Å². The number of rotatable bonds is 2. The number of fused-ring (bicyclic) bond motifs is 1. The maximum absolute atomic E-state index is 12.3. The standard InChI is InChI=1S/C12H15N3O3/c1-14(2)6-7-4-5-8-9(12(17)18)13-15(3)10(8)11(7)16/h6H,4-5H2,1-3H3,(H,17,18). The van der Waals surface area contributed by atoms with E-state index in [1.54, 1.807) is 13.2 Å². The van der Waals surface area contributed by atoms with Crippen LogP contribution in [0.1, 0.15) is 33.0 Å². The topological polar surface area (TPSA) is 75.4 Å². The lowest BCUT2D eigenvalue weighted by molar-refractivity contribution is 0.0688. The van der Waals surface area contributed by atoms with E-state index in [0.717, 1.165) is 0 Å². The Kier molecular flexibility index (Phi) is 2.94. The van der Waals surface area contributed by atoms with Gasteiger partial charge in [0.05, 0.1) is 0 Å². The molecule has 2 rings (SSSR count). The van der Waals surface area contributed by atoms with Crippen LogP contribution in [0.3, 0.4) is 0 Å². The molecule has 0 aromatic carbocycles. The monoisotopic (exact) mass is 249 g/mol. The summed E-state index contributed by atoms with van der Waals surface area (Å²) in [6.07, 6.45) is 2.87. The summed E-state index contributed by atoms with van der Waals surface area (Å²) >= 11 is 0.